The van der Waals surface area contributed by atoms with Gasteiger partial charge in [-0.1, -0.05) is 30.3 Å². The van der Waals surface area contributed by atoms with Crippen molar-refractivity contribution in [3.63, 3.8) is 0 Å². The number of amides is 1. The minimum atomic E-state index is -3.48. The van der Waals surface area contributed by atoms with Gasteiger partial charge in [0.05, 0.1) is 11.3 Å². The first-order chi connectivity index (χ1) is 12.0. The zero-order valence-corrected chi connectivity index (χ0v) is 15.5. The highest BCUT2D eigenvalue weighted by molar-refractivity contribution is 7.88. The molecule has 2 aliphatic heterocycles. The largest absolute Gasteiger partial charge is 0.381 e. The topological polar surface area (TPSA) is 66.9 Å². The standard InChI is InChI=1S/C18H26N2O4S/c1-2-20-17(21)8-11-19(15-18(20)9-12-24-13-10-18)25(22,23)14-16-6-4-3-5-7-16/h3-7H,2,8-15H2,1H3. The summed E-state index contributed by atoms with van der Waals surface area (Å²) in [5.74, 6) is 0.0163. The van der Waals surface area contributed by atoms with E-state index in [-0.39, 0.29) is 24.6 Å². The Morgan fingerprint density at radius 1 is 1.16 bits per heavy atom. The van der Waals surface area contributed by atoms with Crippen LogP contribution in [0.15, 0.2) is 30.3 Å². The molecule has 1 aromatic carbocycles. The van der Waals surface area contributed by atoms with Crippen molar-refractivity contribution in [1.29, 1.82) is 0 Å². The Bertz CT molecular complexity index is 699. The number of sulfonamides is 1. The van der Waals surface area contributed by atoms with E-state index < -0.39 is 15.6 Å². The van der Waals surface area contributed by atoms with Gasteiger partial charge in [0.1, 0.15) is 0 Å². The molecule has 1 aromatic rings. The Morgan fingerprint density at radius 3 is 2.48 bits per heavy atom. The van der Waals surface area contributed by atoms with Crippen LogP contribution in [0, 0.1) is 0 Å². The molecule has 7 heteroatoms. The molecule has 2 aliphatic rings. The average molecular weight is 366 g/mol. The summed E-state index contributed by atoms with van der Waals surface area (Å²) in [5.41, 5.74) is 0.330. The summed E-state index contributed by atoms with van der Waals surface area (Å²) in [6.45, 7) is 4.32. The molecule has 0 aliphatic carbocycles. The Balaban J connectivity index is 1.87. The monoisotopic (exact) mass is 366 g/mol. The van der Waals surface area contributed by atoms with Crippen LogP contribution in [-0.2, 0) is 25.3 Å². The lowest BCUT2D eigenvalue weighted by atomic mass is 9.88. The molecular formula is C18H26N2O4S. The zero-order valence-electron chi connectivity index (χ0n) is 14.7. The molecule has 0 aromatic heterocycles. The lowest BCUT2D eigenvalue weighted by Gasteiger charge is -2.46. The van der Waals surface area contributed by atoms with E-state index in [1.807, 2.05) is 42.2 Å². The molecule has 0 saturated carbocycles. The van der Waals surface area contributed by atoms with E-state index in [2.05, 4.69) is 0 Å². The first kappa shape index (κ1) is 18.4. The van der Waals surface area contributed by atoms with Gasteiger partial charge in [0.2, 0.25) is 15.9 Å². The van der Waals surface area contributed by atoms with E-state index in [9.17, 15) is 13.2 Å². The third-order valence-corrected chi connectivity index (χ3v) is 7.04. The van der Waals surface area contributed by atoms with E-state index in [0.29, 0.717) is 39.1 Å². The molecule has 1 amide bonds. The van der Waals surface area contributed by atoms with Crippen molar-refractivity contribution in [3.8, 4) is 0 Å². The van der Waals surface area contributed by atoms with E-state index in [4.69, 9.17) is 4.74 Å². The fraction of sp³-hybridized carbons (Fsp3) is 0.611. The quantitative estimate of drug-likeness (QED) is 0.812. The summed E-state index contributed by atoms with van der Waals surface area (Å²) >= 11 is 0. The number of hydrogen-bond donors (Lipinski definition) is 0. The molecule has 138 valence electrons. The fourth-order valence-corrected chi connectivity index (χ4v) is 5.52. The van der Waals surface area contributed by atoms with Crippen molar-refractivity contribution in [2.24, 2.45) is 0 Å². The predicted octanol–water partition coefficient (Wildman–Crippen LogP) is 1.62. The summed E-state index contributed by atoms with van der Waals surface area (Å²) < 4.78 is 33.0. The summed E-state index contributed by atoms with van der Waals surface area (Å²) in [4.78, 5) is 14.5. The van der Waals surface area contributed by atoms with E-state index in [1.165, 1.54) is 4.31 Å². The lowest BCUT2D eigenvalue weighted by molar-refractivity contribution is -0.139. The van der Waals surface area contributed by atoms with Crippen molar-refractivity contribution < 1.29 is 17.9 Å². The fourth-order valence-electron chi connectivity index (χ4n) is 3.92. The molecule has 0 bridgehead atoms. The lowest BCUT2D eigenvalue weighted by Crippen LogP contribution is -2.58. The molecule has 0 atom stereocenters. The van der Waals surface area contributed by atoms with Gasteiger partial charge in [-0.15, -0.1) is 0 Å². The number of nitrogens with zero attached hydrogens (tertiary/aromatic N) is 2. The Labute approximate surface area is 149 Å². The van der Waals surface area contributed by atoms with Crippen molar-refractivity contribution in [1.82, 2.24) is 9.21 Å². The van der Waals surface area contributed by atoms with Crippen LogP contribution in [0.4, 0.5) is 0 Å². The van der Waals surface area contributed by atoms with Crippen LogP contribution in [-0.4, -0.2) is 61.9 Å². The second-order valence-corrected chi connectivity index (χ2v) is 8.77. The van der Waals surface area contributed by atoms with Gasteiger partial charge in [-0.05, 0) is 25.3 Å². The van der Waals surface area contributed by atoms with Gasteiger partial charge < -0.3 is 9.64 Å². The highest BCUT2D eigenvalue weighted by atomic mass is 32.2. The van der Waals surface area contributed by atoms with Crippen molar-refractivity contribution in [3.05, 3.63) is 35.9 Å². The van der Waals surface area contributed by atoms with Crippen LogP contribution in [0.25, 0.3) is 0 Å². The molecule has 25 heavy (non-hydrogen) atoms. The SMILES string of the molecule is CCN1C(=O)CCN(S(=O)(=O)Cc2ccccc2)CC12CCOCC2. The number of likely N-dealkylation sites (N-methyl/N-ethyl adjacent to an activating group) is 1. The van der Waals surface area contributed by atoms with Gasteiger partial charge in [-0.2, -0.15) is 4.31 Å². The minimum Gasteiger partial charge on any atom is -0.381 e. The Hall–Kier alpha value is -1.44. The van der Waals surface area contributed by atoms with Crippen LogP contribution in [0.3, 0.4) is 0 Å². The first-order valence-electron chi connectivity index (χ1n) is 8.87. The summed E-state index contributed by atoms with van der Waals surface area (Å²) in [7, 11) is -3.48. The smallest absolute Gasteiger partial charge is 0.224 e. The highest BCUT2D eigenvalue weighted by Gasteiger charge is 2.45. The van der Waals surface area contributed by atoms with Gasteiger partial charge in [0.15, 0.2) is 0 Å². The predicted molar refractivity (Wildman–Crippen MR) is 95.4 cm³/mol. The Kier molecular flexibility index (Phi) is 5.46. The molecule has 3 rings (SSSR count). The molecule has 0 unspecified atom stereocenters. The van der Waals surface area contributed by atoms with Crippen LogP contribution in [0.5, 0.6) is 0 Å². The minimum absolute atomic E-state index is 0.0270. The Morgan fingerprint density at radius 2 is 1.84 bits per heavy atom. The van der Waals surface area contributed by atoms with Gasteiger partial charge in [-0.3, -0.25) is 4.79 Å². The average Bonchev–Trinajstić information content (AvgIpc) is 2.73. The van der Waals surface area contributed by atoms with E-state index in [1.54, 1.807) is 0 Å². The molecule has 2 heterocycles. The first-order valence-corrected chi connectivity index (χ1v) is 10.5. The molecule has 1 spiro atoms. The number of rotatable bonds is 4. The molecule has 0 radical (unpaired) electrons. The van der Waals surface area contributed by atoms with Crippen LogP contribution in [0.1, 0.15) is 31.7 Å². The number of carbonyl (C=O) groups excluding carboxylic acids is 1. The van der Waals surface area contributed by atoms with Crippen molar-refractivity contribution in [2.45, 2.75) is 37.5 Å². The maximum atomic E-state index is 13.0. The molecular weight excluding hydrogens is 340 g/mol. The van der Waals surface area contributed by atoms with Crippen LogP contribution >= 0.6 is 0 Å². The van der Waals surface area contributed by atoms with Gasteiger partial charge in [0, 0.05) is 39.3 Å². The third kappa shape index (κ3) is 3.88. The number of hydrogen-bond acceptors (Lipinski definition) is 4. The zero-order chi connectivity index (χ0) is 17.9. The normalized spacial score (nSPS) is 22.1. The van der Waals surface area contributed by atoms with Crippen molar-refractivity contribution in [2.75, 3.05) is 32.8 Å². The number of benzene rings is 1. The molecule has 2 fully saturated rings. The van der Waals surface area contributed by atoms with Crippen LogP contribution < -0.4 is 0 Å². The molecule has 0 N–H and O–H groups in total. The second kappa shape index (κ2) is 7.43. The summed E-state index contributed by atoms with van der Waals surface area (Å²) in [5, 5.41) is 0. The molecule has 6 nitrogen and oxygen atoms in total. The summed E-state index contributed by atoms with van der Waals surface area (Å²) in [6, 6.07) is 9.20. The maximum Gasteiger partial charge on any atom is 0.224 e. The summed E-state index contributed by atoms with van der Waals surface area (Å²) in [6.07, 6.45) is 1.61. The van der Waals surface area contributed by atoms with Crippen LogP contribution in [0.2, 0.25) is 0 Å². The maximum absolute atomic E-state index is 13.0. The van der Waals surface area contributed by atoms with Crippen molar-refractivity contribution >= 4 is 15.9 Å². The third-order valence-electron chi connectivity index (χ3n) is 5.24. The van der Waals surface area contributed by atoms with E-state index >= 15 is 0 Å². The number of ether oxygens (including phenoxy) is 1. The van der Waals surface area contributed by atoms with Gasteiger partial charge in [0.25, 0.3) is 0 Å². The second-order valence-electron chi connectivity index (χ2n) is 6.80. The highest BCUT2D eigenvalue weighted by Crippen LogP contribution is 2.33. The van der Waals surface area contributed by atoms with Gasteiger partial charge in [-0.25, -0.2) is 8.42 Å². The molecule has 2 saturated heterocycles. The van der Waals surface area contributed by atoms with E-state index in [0.717, 1.165) is 5.56 Å². The van der Waals surface area contributed by atoms with Gasteiger partial charge >= 0.3 is 0 Å². The number of carbonyl (C=O) groups is 1.